The number of amides is 1. The zero-order valence-electron chi connectivity index (χ0n) is 15.2. The minimum Gasteiger partial charge on any atom is -0.424 e. The van der Waals surface area contributed by atoms with Crippen LogP contribution in [-0.4, -0.2) is 47.5 Å². The number of hydrogen-bond acceptors (Lipinski definition) is 7. The van der Waals surface area contributed by atoms with Gasteiger partial charge in [-0.25, -0.2) is 15.0 Å². The van der Waals surface area contributed by atoms with Crippen LogP contribution in [0, 0.1) is 6.92 Å². The average molecular weight is 400 g/mol. The molecule has 1 aromatic carbocycles. The van der Waals surface area contributed by atoms with Gasteiger partial charge >= 0.3 is 6.01 Å². The number of carbonyl (C=O) groups excluding carboxylic acids is 1. The predicted molar refractivity (Wildman–Crippen MR) is 107 cm³/mol. The van der Waals surface area contributed by atoms with Crippen molar-refractivity contribution in [2.75, 3.05) is 11.5 Å². The fraction of sp³-hybridized carbons (Fsp3) is 0.263. The zero-order valence-corrected chi connectivity index (χ0v) is 16.0. The Morgan fingerprint density at radius 1 is 1.21 bits per heavy atom. The maximum atomic E-state index is 12.4. The molecule has 1 aliphatic rings. The van der Waals surface area contributed by atoms with Crippen LogP contribution in [0.25, 0.3) is 10.9 Å². The van der Waals surface area contributed by atoms with Gasteiger partial charge in [0.15, 0.2) is 0 Å². The summed E-state index contributed by atoms with van der Waals surface area (Å²) in [6.07, 6.45) is 3.92. The highest BCUT2D eigenvalue weighted by Crippen LogP contribution is 2.45. The SMILES string of the molecule is Cc1cnc(Oc2ccc3nc(C(=O)NC4CCS(O)(O)C4)ccc3c2)nc1. The molecular weight excluding hydrogens is 380 g/mol. The number of hydrogen-bond donors (Lipinski definition) is 3. The third kappa shape index (κ3) is 4.22. The van der Waals surface area contributed by atoms with Crippen molar-refractivity contribution in [1.82, 2.24) is 20.3 Å². The third-order valence-electron chi connectivity index (χ3n) is 4.46. The predicted octanol–water partition coefficient (Wildman–Crippen LogP) is 3.38. The van der Waals surface area contributed by atoms with E-state index in [1.54, 1.807) is 42.7 Å². The monoisotopic (exact) mass is 400 g/mol. The van der Waals surface area contributed by atoms with E-state index in [9.17, 15) is 13.9 Å². The maximum absolute atomic E-state index is 12.4. The highest BCUT2D eigenvalue weighted by Gasteiger charge is 2.29. The fourth-order valence-electron chi connectivity index (χ4n) is 3.03. The van der Waals surface area contributed by atoms with Gasteiger partial charge in [0, 0.05) is 29.6 Å². The normalized spacial score (nSPS) is 19.3. The average Bonchev–Trinajstić information content (AvgIpc) is 3.01. The van der Waals surface area contributed by atoms with E-state index in [1.165, 1.54) is 0 Å². The molecule has 9 heteroatoms. The molecule has 3 N–H and O–H groups in total. The molecule has 4 rings (SSSR count). The summed E-state index contributed by atoms with van der Waals surface area (Å²) in [7, 11) is -2.55. The number of fused-ring (bicyclic) bond motifs is 1. The van der Waals surface area contributed by atoms with E-state index >= 15 is 0 Å². The Morgan fingerprint density at radius 2 is 2.00 bits per heavy atom. The molecule has 1 amide bonds. The second kappa shape index (κ2) is 7.34. The van der Waals surface area contributed by atoms with Crippen LogP contribution in [-0.2, 0) is 0 Å². The van der Waals surface area contributed by atoms with Gasteiger partial charge in [0.2, 0.25) is 0 Å². The number of pyridine rings is 1. The zero-order chi connectivity index (χ0) is 19.7. The lowest BCUT2D eigenvalue weighted by molar-refractivity contribution is 0.0936. The Hall–Kier alpha value is -2.75. The Bertz CT molecular complexity index is 1030. The van der Waals surface area contributed by atoms with Gasteiger partial charge in [0.05, 0.1) is 11.3 Å². The van der Waals surface area contributed by atoms with E-state index < -0.39 is 10.6 Å². The summed E-state index contributed by atoms with van der Waals surface area (Å²) in [5.74, 6) is 0.786. The number of benzene rings is 1. The lowest BCUT2D eigenvalue weighted by atomic mass is 10.2. The third-order valence-corrected chi connectivity index (χ3v) is 6.28. The molecule has 8 nitrogen and oxygen atoms in total. The summed E-state index contributed by atoms with van der Waals surface area (Å²) >= 11 is 0. The van der Waals surface area contributed by atoms with Crippen molar-refractivity contribution < 1.29 is 18.6 Å². The van der Waals surface area contributed by atoms with Gasteiger partial charge in [-0.2, -0.15) is 10.6 Å². The van der Waals surface area contributed by atoms with Crippen molar-refractivity contribution in [3.63, 3.8) is 0 Å². The molecule has 28 heavy (non-hydrogen) atoms. The molecule has 1 saturated heterocycles. The number of nitrogens with zero attached hydrogens (tertiary/aromatic N) is 3. The summed E-state index contributed by atoms with van der Waals surface area (Å²) in [4.78, 5) is 25.0. The topological polar surface area (TPSA) is 117 Å². The van der Waals surface area contributed by atoms with Gasteiger partial charge in [0.1, 0.15) is 11.4 Å². The van der Waals surface area contributed by atoms with Crippen molar-refractivity contribution in [2.45, 2.75) is 19.4 Å². The number of carbonyl (C=O) groups is 1. The molecule has 1 fully saturated rings. The maximum Gasteiger partial charge on any atom is 0.321 e. The number of ether oxygens (including phenoxy) is 1. The van der Waals surface area contributed by atoms with Crippen LogP contribution < -0.4 is 10.1 Å². The highest BCUT2D eigenvalue weighted by atomic mass is 32.3. The fourth-order valence-corrected chi connectivity index (χ4v) is 4.75. The van der Waals surface area contributed by atoms with Crippen molar-refractivity contribution in [2.24, 2.45) is 0 Å². The number of aromatic nitrogens is 3. The van der Waals surface area contributed by atoms with E-state index in [0.29, 0.717) is 23.4 Å². The molecule has 1 atom stereocenters. The van der Waals surface area contributed by atoms with E-state index in [0.717, 1.165) is 10.9 Å². The highest BCUT2D eigenvalue weighted by molar-refractivity contribution is 8.24. The first kappa shape index (κ1) is 18.6. The molecule has 0 spiro atoms. The van der Waals surface area contributed by atoms with Gasteiger partial charge in [0.25, 0.3) is 5.91 Å². The Labute approximate surface area is 163 Å². The van der Waals surface area contributed by atoms with Crippen molar-refractivity contribution >= 4 is 27.4 Å². The van der Waals surface area contributed by atoms with Crippen LogP contribution in [0.15, 0.2) is 42.7 Å². The number of aryl methyl sites for hydroxylation is 1. The second-order valence-corrected chi connectivity index (χ2v) is 9.17. The van der Waals surface area contributed by atoms with Crippen LogP contribution in [0.3, 0.4) is 0 Å². The van der Waals surface area contributed by atoms with Gasteiger partial charge in [-0.15, -0.1) is 0 Å². The van der Waals surface area contributed by atoms with Crippen LogP contribution in [0.2, 0.25) is 0 Å². The van der Waals surface area contributed by atoms with Crippen LogP contribution >= 0.6 is 10.6 Å². The molecule has 3 aromatic rings. The second-order valence-electron chi connectivity index (χ2n) is 6.83. The summed E-state index contributed by atoms with van der Waals surface area (Å²) in [6, 6.07) is 8.77. The molecule has 1 unspecified atom stereocenters. The summed E-state index contributed by atoms with van der Waals surface area (Å²) in [6.45, 7) is 1.90. The number of rotatable bonds is 4. The smallest absolute Gasteiger partial charge is 0.321 e. The summed E-state index contributed by atoms with van der Waals surface area (Å²) in [5.41, 5.74) is 1.88. The van der Waals surface area contributed by atoms with E-state index in [4.69, 9.17) is 4.74 Å². The quantitative estimate of drug-likeness (QED) is 0.614. The molecule has 0 radical (unpaired) electrons. The van der Waals surface area contributed by atoms with Crippen LogP contribution in [0.4, 0.5) is 0 Å². The van der Waals surface area contributed by atoms with Gasteiger partial charge < -0.3 is 10.1 Å². The lowest BCUT2D eigenvalue weighted by Crippen LogP contribution is -2.35. The van der Waals surface area contributed by atoms with E-state index in [1.807, 2.05) is 6.92 Å². The molecule has 3 heterocycles. The van der Waals surface area contributed by atoms with Crippen molar-refractivity contribution in [3.8, 4) is 11.8 Å². The minimum atomic E-state index is -2.55. The molecule has 146 valence electrons. The first-order chi connectivity index (χ1) is 13.4. The van der Waals surface area contributed by atoms with Gasteiger partial charge in [-0.05, 0) is 43.2 Å². The minimum absolute atomic E-state index is 0.202. The molecule has 0 bridgehead atoms. The molecule has 0 aliphatic carbocycles. The summed E-state index contributed by atoms with van der Waals surface area (Å²) in [5, 5.41) is 3.64. The Kier molecular flexibility index (Phi) is 4.88. The van der Waals surface area contributed by atoms with E-state index in [2.05, 4.69) is 20.3 Å². The molecule has 0 saturated carbocycles. The van der Waals surface area contributed by atoms with Gasteiger partial charge in [-0.3, -0.25) is 13.9 Å². The molecular formula is C19H20N4O4S. The standard InChI is InChI=1S/C19H20N4O4S/c1-12-9-20-19(21-10-12)27-15-3-5-16-13(8-15)2-4-17(23-16)18(24)22-14-6-7-28(25,26)11-14/h2-5,8-10,14,25-26H,6-7,11H2,1H3,(H,22,24). The Balaban J connectivity index is 1.48. The lowest BCUT2D eigenvalue weighted by Gasteiger charge is -2.25. The first-order valence-corrected chi connectivity index (χ1v) is 10.7. The van der Waals surface area contributed by atoms with Gasteiger partial charge in [-0.1, -0.05) is 6.07 Å². The largest absolute Gasteiger partial charge is 0.424 e. The summed E-state index contributed by atoms with van der Waals surface area (Å²) < 4.78 is 25.0. The molecule has 1 aliphatic heterocycles. The van der Waals surface area contributed by atoms with Crippen molar-refractivity contribution in [3.05, 3.63) is 54.0 Å². The van der Waals surface area contributed by atoms with Crippen LogP contribution in [0.1, 0.15) is 22.5 Å². The first-order valence-electron chi connectivity index (χ1n) is 8.80. The molecule has 2 aromatic heterocycles. The van der Waals surface area contributed by atoms with Crippen molar-refractivity contribution in [1.29, 1.82) is 0 Å². The number of nitrogens with one attached hydrogen (secondary N) is 1. The van der Waals surface area contributed by atoms with E-state index in [-0.39, 0.29) is 29.4 Å². The van der Waals surface area contributed by atoms with Crippen LogP contribution in [0.5, 0.6) is 11.8 Å². The Morgan fingerprint density at radius 3 is 2.71 bits per heavy atom.